The number of morpholine rings is 1. The molecular weight excluding hydrogens is 309 g/mol. The third kappa shape index (κ3) is 8.66. The quantitative estimate of drug-likeness (QED) is 0.576. The summed E-state index contributed by atoms with van der Waals surface area (Å²) in [6.07, 6.45) is -4.14. The number of hydrogen-bond acceptors (Lipinski definition) is 6. The van der Waals surface area contributed by atoms with E-state index in [-0.39, 0.29) is 6.61 Å². The van der Waals surface area contributed by atoms with Crippen molar-refractivity contribution < 1.29 is 41.0 Å². The monoisotopic (exact) mass is 322 g/mol. The highest BCUT2D eigenvalue weighted by Gasteiger charge is 2.38. The second-order valence-corrected chi connectivity index (χ2v) is 5.37. The maximum Gasteiger partial charge on any atom is 0.490 e. The number of carbonyl (C=O) groups is 2. The zero-order chi connectivity index (χ0) is 16.0. The Hall–Kier alpha value is -1.40. The van der Waals surface area contributed by atoms with Crippen LogP contribution < -0.4 is 10.0 Å². The Kier molecular flexibility index (Phi) is 6.88. The van der Waals surface area contributed by atoms with Gasteiger partial charge in [0.15, 0.2) is 0 Å². The van der Waals surface area contributed by atoms with Crippen LogP contribution in [0.5, 0.6) is 0 Å². The van der Waals surface area contributed by atoms with Crippen LogP contribution in [-0.4, -0.2) is 63.6 Å². The highest BCUT2D eigenvalue weighted by Crippen LogP contribution is 2.13. The number of hydrogen-bond donors (Lipinski definition) is 3. The van der Waals surface area contributed by atoms with Gasteiger partial charge in [0, 0.05) is 6.54 Å². The molecule has 1 fully saturated rings. The molecular formula is C8H13F3N2O6S. The number of ether oxygens (including phenoxy) is 1. The molecule has 1 saturated heterocycles. The number of carboxylic acids is 1. The van der Waals surface area contributed by atoms with Crippen molar-refractivity contribution in [2.75, 3.05) is 26.0 Å². The van der Waals surface area contributed by atoms with E-state index in [9.17, 15) is 26.4 Å². The Labute approximate surface area is 112 Å². The maximum absolute atomic E-state index is 11.2. The first-order chi connectivity index (χ1) is 8.93. The van der Waals surface area contributed by atoms with E-state index in [1.807, 2.05) is 4.72 Å². The van der Waals surface area contributed by atoms with Crippen molar-refractivity contribution in [3.63, 3.8) is 0 Å². The summed E-state index contributed by atoms with van der Waals surface area (Å²) in [6.45, 7) is 1.31. The van der Waals surface area contributed by atoms with E-state index < -0.39 is 34.1 Å². The molecule has 0 aromatic carbocycles. The lowest BCUT2D eigenvalue weighted by Crippen LogP contribution is -2.52. The molecule has 0 bridgehead atoms. The van der Waals surface area contributed by atoms with Crippen LogP contribution in [0.4, 0.5) is 13.2 Å². The van der Waals surface area contributed by atoms with Gasteiger partial charge >= 0.3 is 12.1 Å². The highest BCUT2D eigenvalue weighted by atomic mass is 32.2. The molecule has 0 spiro atoms. The fraction of sp³-hybridized carbons (Fsp3) is 0.750. The molecule has 20 heavy (non-hydrogen) atoms. The smallest absolute Gasteiger partial charge is 0.475 e. The molecule has 8 nitrogen and oxygen atoms in total. The maximum atomic E-state index is 11.2. The molecule has 0 radical (unpaired) electrons. The number of sulfonamides is 1. The van der Waals surface area contributed by atoms with Crippen molar-refractivity contribution in [3.05, 3.63) is 0 Å². The second kappa shape index (κ2) is 7.40. The van der Waals surface area contributed by atoms with E-state index in [0.29, 0.717) is 13.2 Å². The van der Waals surface area contributed by atoms with Gasteiger partial charge in [-0.25, -0.2) is 13.2 Å². The Morgan fingerprint density at radius 3 is 2.20 bits per heavy atom. The zero-order valence-electron chi connectivity index (χ0n) is 10.2. The Bertz CT molecular complexity index is 444. The molecule has 1 rings (SSSR count). The van der Waals surface area contributed by atoms with Gasteiger partial charge in [0.1, 0.15) is 6.04 Å². The van der Waals surface area contributed by atoms with Gasteiger partial charge in [0.25, 0.3) is 5.91 Å². The molecule has 1 aliphatic rings. The number of alkyl halides is 3. The van der Waals surface area contributed by atoms with Crippen LogP contribution in [0.1, 0.15) is 0 Å². The van der Waals surface area contributed by atoms with Gasteiger partial charge in [-0.1, -0.05) is 0 Å². The lowest BCUT2D eigenvalue weighted by Gasteiger charge is -2.22. The van der Waals surface area contributed by atoms with E-state index in [2.05, 4.69) is 5.32 Å². The standard InChI is InChI=1S/C6H12N2O4S.C2HF3O2/c1-13(10,11)8-6(9)5-4-12-3-2-7-5;3-2(4,5)1(6)7/h5,7H,2-4H2,1H3,(H,8,9);(H,6,7)/t5-;/m0./s1. The van der Waals surface area contributed by atoms with Crippen molar-refractivity contribution in [1.82, 2.24) is 10.0 Å². The zero-order valence-corrected chi connectivity index (χ0v) is 11.0. The number of carbonyl (C=O) groups excluding carboxylic acids is 1. The molecule has 0 unspecified atom stereocenters. The summed E-state index contributed by atoms with van der Waals surface area (Å²) < 4.78 is 60.0. The lowest BCUT2D eigenvalue weighted by atomic mass is 10.3. The average Bonchev–Trinajstić information content (AvgIpc) is 2.27. The minimum absolute atomic E-state index is 0.210. The predicted octanol–water partition coefficient (Wildman–Crippen LogP) is -1.32. The van der Waals surface area contributed by atoms with Gasteiger partial charge in [-0.2, -0.15) is 13.2 Å². The summed E-state index contributed by atoms with van der Waals surface area (Å²) in [4.78, 5) is 20.1. The van der Waals surface area contributed by atoms with Crippen LogP contribution in [-0.2, 0) is 24.3 Å². The van der Waals surface area contributed by atoms with Crippen LogP contribution in [0, 0.1) is 0 Å². The predicted molar refractivity (Wildman–Crippen MR) is 59.3 cm³/mol. The molecule has 1 atom stereocenters. The van der Waals surface area contributed by atoms with Crippen molar-refractivity contribution in [1.29, 1.82) is 0 Å². The first-order valence-electron chi connectivity index (χ1n) is 5.06. The van der Waals surface area contributed by atoms with Crippen molar-refractivity contribution in [2.45, 2.75) is 12.2 Å². The fourth-order valence-electron chi connectivity index (χ4n) is 0.988. The molecule has 3 N–H and O–H groups in total. The van der Waals surface area contributed by atoms with Crippen molar-refractivity contribution in [2.24, 2.45) is 0 Å². The number of amides is 1. The highest BCUT2D eigenvalue weighted by molar-refractivity contribution is 7.89. The van der Waals surface area contributed by atoms with Gasteiger partial charge in [-0.05, 0) is 0 Å². The fourth-order valence-corrected chi connectivity index (χ4v) is 1.50. The van der Waals surface area contributed by atoms with Gasteiger partial charge in [0.2, 0.25) is 10.0 Å². The van der Waals surface area contributed by atoms with Gasteiger partial charge < -0.3 is 15.2 Å². The summed E-state index contributed by atoms with van der Waals surface area (Å²) in [5.41, 5.74) is 0. The first-order valence-corrected chi connectivity index (χ1v) is 6.95. The summed E-state index contributed by atoms with van der Waals surface area (Å²) in [6, 6.07) is -0.566. The normalized spacial score (nSPS) is 19.5. The molecule has 1 amide bonds. The molecule has 0 aromatic heterocycles. The number of nitrogens with one attached hydrogen (secondary N) is 2. The van der Waals surface area contributed by atoms with Gasteiger partial charge in [0.05, 0.1) is 19.5 Å². The Morgan fingerprint density at radius 1 is 1.40 bits per heavy atom. The number of halogens is 3. The molecule has 1 heterocycles. The summed E-state index contributed by atoms with van der Waals surface area (Å²) in [5.74, 6) is -3.32. The van der Waals surface area contributed by atoms with E-state index in [4.69, 9.17) is 14.6 Å². The van der Waals surface area contributed by atoms with Crippen LogP contribution >= 0.6 is 0 Å². The van der Waals surface area contributed by atoms with Crippen molar-refractivity contribution in [3.8, 4) is 0 Å². The number of rotatable bonds is 2. The summed E-state index contributed by atoms with van der Waals surface area (Å²) >= 11 is 0. The van der Waals surface area contributed by atoms with Crippen LogP contribution in [0.15, 0.2) is 0 Å². The largest absolute Gasteiger partial charge is 0.490 e. The third-order valence-corrected chi connectivity index (χ3v) is 2.34. The van der Waals surface area contributed by atoms with E-state index >= 15 is 0 Å². The van der Waals surface area contributed by atoms with E-state index in [1.54, 1.807) is 0 Å². The second-order valence-electron chi connectivity index (χ2n) is 3.62. The van der Waals surface area contributed by atoms with E-state index in [0.717, 1.165) is 6.26 Å². The number of carboxylic acid groups (broad SMARTS) is 1. The van der Waals surface area contributed by atoms with Gasteiger partial charge in [-0.3, -0.25) is 9.52 Å². The first kappa shape index (κ1) is 18.6. The van der Waals surface area contributed by atoms with E-state index in [1.165, 1.54) is 0 Å². The minimum atomic E-state index is -5.08. The SMILES string of the molecule is CS(=O)(=O)NC(=O)[C@@H]1COCCN1.O=C(O)C(F)(F)F. The molecule has 0 aromatic rings. The molecule has 1 aliphatic heterocycles. The third-order valence-electron chi connectivity index (χ3n) is 1.77. The summed E-state index contributed by atoms with van der Waals surface area (Å²) in [7, 11) is -3.47. The average molecular weight is 322 g/mol. The van der Waals surface area contributed by atoms with Crippen LogP contribution in [0.2, 0.25) is 0 Å². The molecule has 12 heteroatoms. The van der Waals surface area contributed by atoms with Crippen LogP contribution in [0.25, 0.3) is 0 Å². The van der Waals surface area contributed by atoms with Gasteiger partial charge in [-0.15, -0.1) is 0 Å². The topological polar surface area (TPSA) is 122 Å². The molecule has 0 aliphatic carbocycles. The Balaban J connectivity index is 0.000000441. The number of aliphatic carboxylic acids is 1. The molecule has 0 saturated carbocycles. The molecule has 118 valence electrons. The minimum Gasteiger partial charge on any atom is -0.475 e. The van der Waals surface area contributed by atoms with Crippen LogP contribution in [0.3, 0.4) is 0 Å². The summed E-state index contributed by atoms with van der Waals surface area (Å²) in [5, 5.41) is 9.96. The Morgan fingerprint density at radius 2 is 1.90 bits per heavy atom. The lowest BCUT2D eigenvalue weighted by molar-refractivity contribution is -0.192. The van der Waals surface area contributed by atoms with Crippen molar-refractivity contribution >= 4 is 21.9 Å².